The van der Waals surface area contributed by atoms with Gasteiger partial charge in [0.05, 0.1) is 5.71 Å². The maximum atomic E-state index is 12.3. The minimum Gasteiger partial charge on any atom is -0.454 e. The predicted molar refractivity (Wildman–Crippen MR) is 97.4 cm³/mol. The fourth-order valence-electron chi connectivity index (χ4n) is 2.51. The lowest BCUT2D eigenvalue weighted by Gasteiger charge is -2.19. The number of hydrazone groups is 1. The Hall–Kier alpha value is -2.82. The van der Waals surface area contributed by atoms with E-state index in [1.807, 2.05) is 19.1 Å². The van der Waals surface area contributed by atoms with Gasteiger partial charge in [-0.3, -0.25) is 4.79 Å². The molecule has 2 aromatic rings. The number of nitrogens with zero attached hydrogens (tertiary/aromatic N) is 1. The zero-order chi connectivity index (χ0) is 18.0. The smallest absolute Gasteiger partial charge is 0.271 e. The molecule has 0 aromatic heterocycles. The number of fused-ring (bicyclic) bond motifs is 1. The molecule has 1 amide bonds. The van der Waals surface area contributed by atoms with Gasteiger partial charge in [-0.1, -0.05) is 45.0 Å². The summed E-state index contributed by atoms with van der Waals surface area (Å²) in [6, 6.07) is 13.3. The van der Waals surface area contributed by atoms with Crippen LogP contribution in [0.25, 0.3) is 0 Å². The summed E-state index contributed by atoms with van der Waals surface area (Å²) < 4.78 is 10.5. The van der Waals surface area contributed by atoms with Crippen molar-refractivity contribution in [3.63, 3.8) is 0 Å². The van der Waals surface area contributed by atoms with Gasteiger partial charge in [-0.2, -0.15) is 5.10 Å². The van der Waals surface area contributed by atoms with Gasteiger partial charge in [-0.25, -0.2) is 5.43 Å². The summed E-state index contributed by atoms with van der Waals surface area (Å²) in [4.78, 5) is 12.3. The Morgan fingerprint density at radius 2 is 1.64 bits per heavy atom. The Morgan fingerprint density at radius 1 is 1.00 bits per heavy atom. The van der Waals surface area contributed by atoms with Crippen molar-refractivity contribution in [1.29, 1.82) is 0 Å². The van der Waals surface area contributed by atoms with E-state index < -0.39 is 0 Å². The highest BCUT2D eigenvalue weighted by atomic mass is 16.7. The highest BCUT2D eigenvalue weighted by Crippen LogP contribution is 2.32. The normalized spacial score (nSPS) is 13.7. The topological polar surface area (TPSA) is 59.9 Å². The van der Waals surface area contributed by atoms with Crippen LogP contribution in [0.1, 0.15) is 49.2 Å². The first kappa shape index (κ1) is 17.0. The van der Waals surface area contributed by atoms with E-state index >= 15 is 0 Å². The average molecular weight is 338 g/mol. The van der Waals surface area contributed by atoms with Crippen molar-refractivity contribution >= 4 is 11.6 Å². The summed E-state index contributed by atoms with van der Waals surface area (Å²) in [5.41, 5.74) is 6.14. The lowest BCUT2D eigenvalue weighted by atomic mass is 9.86. The van der Waals surface area contributed by atoms with Crippen LogP contribution in [0, 0.1) is 0 Å². The van der Waals surface area contributed by atoms with Gasteiger partial charge in [0.15, 0.2) is 11.5 Å². The third kappa shape index (κ3) is 3.82. The van der Waals surface area contributed by atoms with E-state index in [0.29, 0.717) is 17.1 Å². The third-order valence-electron chi connectivity index (χ3n) is 4.13. The Balaban J connectivity index is 1.69. The fraction of sp³-hybridized carbons (Fsp3) is 0.300. The molecule has 130 valence electrons. The molecule has 2 aromatic carbocycles. The summed E-state index contributed by atoms with van der Waals surface area (Å²) >= 11 is 0. The van der Waals surface area contributed by atoms with Crippen molar-refractivity contribution in [3.8, 4) is 11.5 Å². The molecule has 0 radical (unpaired) electrons. The number of hydrogen-bond donors (Lipinski definition) is 1. The lowest BCUT2D eigenvalue weighted by molar-refractivity contribution is 0.0954. The van der Waals surface area contributed by atoms with Gasteiger partial charge in [-0.15, -0.1) is 0 Å². The van der Waals surface area contributed by atoms with Gasteiger partial charge in [0.25, 0.3) is 5.91 Å². The van der Waals surface area contributed by atoms with Crippen LogP contribution in [0.5, 0.6) is 11.5 Å². The Labute approximate surface area is 147 Å². The van der Waals surface area contributed by atoms with Crippen molar-refractivity contribution < 1.29 is 14.3 Å². The number of amides is 1. The van der Waals surface area contributed by atoms with Gasteiger partial charge < -0.3 is 9.47 Å². The molecule has 5 heteroatoms. The zero-order valence-electron chi connectivity index (χ0n) is 14.9. The van der Waals surface area contributed by atoms with Crippen molar-refractivity contribution in [2.24, 2.45) is 5.10 Å². The Morgan fingerprint density at radius 3 is 2.32 bits per heavy atom. The lowest BCUT2D eigenvalue weighted by Crippen LogP contribution is -2.19. The van der Waals surface area contributed by atoms with Gasteiger partial charge in [0, 0.05) is 5.56 Å². The molecule has 0 spiro atoms. The van der Waals surface area contributed by atoms with Gasteiger partial charge in [0.2, 0.25) is 6.79 Å². The Bertz CT molecular complexity index is 818. The largest absolute Gasteiger partial charge is 0.454 e. The van der Waals surface area contributed by atoms with Gasteiger partial charge in [0.1, 0.15) is 0 Å². The summed E-state index contributed by atoms with van der Waals surface area (Å²) in [5.74, 6) is 0.935. The molecule has 0 atom stereocenters. The fourth-order valence-corrected chi connectivity index (χ4v) is 2.51. The van der Waals surface area contributed by atoms with Crippen LogP contribution in [0.4, 0.5) is 0 Å². The minimum absolute atomic E-state index is 0.108. The standard InChI is InChI=1S/C20H22N2O3/c1-13(14-5-8-16(9-6-14)20(2,3)4)21-22-19(23)15-7-10-17-18(11-15)25-12-24-17/h5-11H,12H2,1-4H3,(H,22,23)/b21-13+. The van der Waals surface area contributed by atoms with E-state index in [2.05, 4.69) is 43.4 Å². The van der Waals surface area contributed by atoms with Crippen LogP contribution < -0.4 is 14.9 Å². The maximum Gasteiger partial charge on any atom is 0.271 e. The van der Waals surface area contributed by atoms with Gasteiger partial charge in [-0.05, 0) is 41.7 Å². The minimum atomic E-state index is -0.288. The van der Waals surface area contributed by atoms with E-state index in [9.17, 15) is 4.79 Å². The first-order chi connectivity index (χ1) is 11.8. The quantitative estimate of drug-likeness (QED) is 0.683. The van der Waals surface area contributed by atoms with Crippen LogP contribution in [0.15, 0.2) is 47.6 Å². The van der Waals surface area contributed by atoms with Crippen molar-refractivity contribution in [2.75, 3.05) is 6.79 Å². The van der Waals surface area contributed by atoms with Gasteiger partial charge >= 0.3 is 0 Å². The highest BCUT2D eigenvalue weighted by Gasteiger charge is 2.16. The maximum absolute atomic E-state index is 12.3. The molecule has 1 aliphatic heterocycles. The van der Waals surface area contributed by atoms with E-state index in [-0.39, 0.29) is 18.1 Å². The second-order valence-electron chi connectivity index (χ2n) is 7.03. The average Bonchev–Trinajstić information content (AvgIpc) is 3.06. The van der Waals surface area contributed by atoms with E-state index in [1.54, 1.807) is 18.2 Å². The molecule has 0 bridgehead atoms. The summed E-state index contributed by atoms with van der Waals surface area (Å²) in [7, 11) is 0. The molecule has 25 heavy (non-hydrogen) atoms. The highest BCUT2D eigenvalue weighted by molar-refractivity contribution is 6.01. The molecule has 0 saturated heterocycles. The number of hydrogen-bond acceptors (Lipinski definition) is 4. The molecule has 0 fully saturated rings. The molecular formula is C20H22N2O3. The van der Waals surface area contributed by atoms with E-state index in [0.717, 1.165) is 11.3 Å². The molecule has 5 nitrogen and oxygen atoms in total. The molecule has 0 saturated carbocycles. The Kier molecular flexibility index (Phi) is 4.49. The predicted octanol–water partition coefficient (Wildman–Crippen LogP) is 3.87. The number of nitrogens with one attached hydrogen (secondary N) is 1. The van der Waals surface area contributed by atoms with Crippen molar-refractivity contribution in [2.45, 2.75) is 33.1 Å². The van der Waals surface area contributed by atoms with Crippen LogP contribution in [-0.4, -0.2) is 18.4 Å². The number of carbonyl (C=O) groups excluding carboxylic acids is 1. The van der Waals surface area contributed by atoms with Crippen LogP contribution in [0.2, 0.25) is 0 Å². The summed E-state index contributed by atoms with van der Waals surface area (Å²) in [6.45, 7) is 8.58. The number of ether oxygens (including phenoxy) is 2. The van der Waals surface area contributed by atoms with E-state index in [4.69, 9.17) is 9.47 Å². The third-order valence-corrected chi connectivity index (χ3v) is 4.13. The SMILES string of the molecule is C/C(=N\NC(=O)c1ccc2c(c1)OCO2)c1ccc(C(C)(C)C)cc1. The van der Waals surface area contributed by atoms with E-state index in [1.165, 1.54) is 5.56 Å². The molecular weight excluding hydrogens is 316 g/mol. The summed E-state index contributed by atoms with van der Waals surface area (Å²) in [6.07, 6.45) is 0. The zero-order valence-corrected chi connectivity index (χ0v) is 14.9. The molecule has 0 aliphatic carbocycles. The van der Waals surface area contributed by atoms with Crippen molar-refractivity contribution in [3.05, 3.63) is 59.2 Å². The van der Waals surface area contributed by atoms with Crippen LogP contribution in [-0.2, 0) is 5.41 Å². The first-order valence-electron chi connectivity index (χ1n) is 8.20. The number of carbonyl (C=O) groups is 1. The number of benzene rings is 2. The van der Waals surface area contributed by atoms with Crippen LogP contribution in [0.3, 0.4) is 0 Å². The molecule has 1 aliphatic rings. The monoisotopic (exact) mass is 338 g/mol. The van der Waals surface area contributed by atoms with Crippen LogP contribution >= 0.6 is 0 Å². The number of rotatable bonds is 3. The summed E-state index contributed by atoms with van der Waals surface area (Å²) in [5, 5.41) is 4.20. The second kappa shape index (κ2) is 6.59. The molecule has 1 heterocycles. The second-order valence-corrected chi connectivity index (χ2v) is 7.03. The molecule has 0 unspecified atom stereocenters. The first-order valence-corrected chi connectivity index (χ1v) is 8.20. The molecule has 1 N–H and O–H groups in total. The molecule has 3 rings (SSSR count). The van der Waals surface area contributed by atoms with Crippen molar-refractivity contribution in [1.82, 2.24) is 5.43 Å².